The van der Waals surface area contributed by atoms with Gasteiger partial charge >= 0.3 is 0 Å². The Morgan fingerprint density at radius 2 is 2.14 bits per heavy atom. The maximum Gasteiger partial charge on any atom is 0.245 e. The van der Waals surface area contributed by atoms with Gasteiger partial charge in [0.1, 0.15) is 5.75 Å². The van der Waals surface area contributed by atoms with Crippen molar-refractivity contribution in [1.82, 2.24) is 9.99 Å². The van der Waals surface area contributed by atoms with E-state index in [1.165, 1.54) is 6.21 Å². The fourth-order valence-electron chi connectivity index (χ4n) is 1.77. The van der Waals surface area contributed by atoms with Crippen molar-refractivity contribution in [2.45, 2.75) is 6.42 Å². The number of aromatic hydroxyl groups is 1. The van der Waals surface area contributed by atoms with Crippen LogP contribution >= 0.6 is 47.8 Å². The van der Waals surface area contributed by atoms with E-state index < -0.39 is 0 Å². The van der Waals surface area contributed by atoms with Crippen LogP contribution in [0.5, 0.6) is 5.75 Å². The van der Waals surface area contributed by atoms with Gasteiger partial charge in [-0.25, -0.2) is 5.43 Å². The molecule has 2 aromatic rings. The largest absolute Gasteiger partial charge is 0.506 e. The summed E-state index contributed by atoms with van der Waals surface area (Å²) in [6.45, 7) is 0. The lowest BCUT2D eigenvalue weighted by atomic mass is 10.2. The molecule has 0 aliphatic heterocycles. The summed E-state index contributed by atoms with van der Waals surface area (Å²) in [6.07, 6.45) is 3.59. The Kier molecular flexibility index (Phi) is 5.82. The molecule has 2 rings (SSSR count). The number of phenols is 1. The average molecular weight is 494 g/mol. The van der Waals surface area contributed by atoms with Crippen LogP contribution in [0.3, 0.4) is 0 Å². The molecule has 0 unspecified atom stereocenters. The van der Waals surface area contributed by atoms with Crippen LogP contribution in [0.1, 0.15) is 11.3 Å². The van der Waals surface area contributed by atoms with Gasteiger partial charge in [-0.3, -0.25) is 4.79 Å². The third-order valence-corrected chi connectivity index (χ3v) is 5.02. The smallest absolute Gasteiger partial charge is 0.245 e. The molecule has 2 N–H and O–H groups in total. The molecule has 1 heterocycles. The number of rotatable bonds is 4. The van der Waals surface area contributed by atoms with Crippen LogP contribution in [-0.2, 0) is 18.3 Å². The Bertz CT molecular complexity index is 741. The summed E-state index contributed by atoms with van der Waals surface area (Å²) >= 11 is 9.90. The van der Waals surface area contributed by atoms with Crippen molar-refractivity contribution >= 4 is 59.9 Å². The molecule has 0 saturated carbocycles. The number of phenolic OH excluding ortho intramolecular Hbond substituents is 1. The van der Waals surface area contributed by atoms with Crippen LogP contribution in [-0.4, -0.2) is 21.8 Å². The lowest BCUT2D eigenvalue weighted by Crippen LogP contribution is -2.21. The lowest BCUT2D eigenvalue weighted by Gasteiger charge is -2.07. The van der Waals surface area contributed by atoms with Crippen LogP contribution in [0.4, 0.5) is 0 Å². The van der Waals surface area contributed by atoms with E-state index in [1.54, 1.807) is 6.07 Å². The number of hydrazone groups is 1. The first-order valence-electron chi connectivity index (χ1n) is 6.18. The highest BCUT2D eigenvalue weighted by atomic mass is 79.9. The molecular formula is C14H12Br3N3O2. The molecule has 22 heavy (non-hydrogen) atoms. The van der Waals surface area contributed by atoms with Gasteiger partial charge in [0.25, 0.3) is 0 Å². The quantitative estimate of drug-likeness (QED) is 0.503. The summed E-state index contributed by atoms with van der Waals surface area (Å²) in [6, 6.07) is 5.46. The van der Waals surface area contributed by atoms with Crippen molar-refractivity contribution in [1.29, 1.82) is 0 Å². The number of benzene rings is 1. The minimum atomic E-state index is -0.216. The van der Waals surface area contributed by atoms with Crippen molar-refractivity contribution in [3.05, 3.63) is 49.1 Å². The number of aryl methyl sites for hydroxylation is 1. The zero-order chi connectivity index (χ0) is 16.3. The summed E-state index contributed by atoms with van der Waals surface area (Å²) in [4.78, 5) is 11.8. The number of aromatic nitrogens is 1. The van der Waals surface area contributed by atoms with Gasteiger partial charge in [-0.2, -0.15) is 5.10 Å². The van der Waals surface area contributed by atoms with Crippen molar-refractivity contribution < 1.29 is 9.90 Å². The standard InChI is InChI=1S/C14H12Br3N3O2/c1-20-4-2-3-8(20)5-12(21)19-18-7-9-10(15)6-11(16)14(22)13(9)17/h2-4,6-7,22H,5H2,1H3,(H,19,21). The molecule has 1 aromatic carbocycles. The number of amides is 1. The Balaban J connectivity index is 2.06. The van der Waals surface area contributed by atoms with E-state index in [9.17, 15) is 9.90 Å². The summed E-state index contributed by atoms with van der Waals surface area (Å²) < 4.78 is 3.64. The fourth-order valence-corrected chi connectivity index (χ4v) is 4.09. The number of hydrogen-bond acceptors (Lipinski definition) is 3. The summed E-state index contributed by atoms with van der Waals surface area (Å²) in [5.41, 5.74) is 3.99. The zero-order valence-corrected chi connectivity index (χ0v) is 16.2. The minimum absolute atomic E-state index is 0.0692. The molecule has 0 aliphatic rings. The van der Waals surface area contributed by atoms with E-state index in [-0.39, 0.29) is 18.1 Å². The maximum absolute atomic E-state index is 11.8. The first kappa shape index (κ1) is 17.2. The van der Waals surface area contributed by atoms with E-state index in [1.807, 2.05) is 29.9 Å². The number of nitrogens with zero attached hydrogens (tertiary/aromatic N) is 2. The summed E-state index contributed by atoms with van der Waals surface area (Å²) in [5, 5.41) is 13.8. The lowest BCUT2D eigenvalue weighted by molar-refractivity contribution is -0.120. The molecule has 0 aliphatic carbocycles. The summed E-state index contributed by atoms with van der Waals surface area (Å²) in [5.74, 6) is -0.147. The predicted molar refractivity (Wildman–Crippen MR) is 96.1 cm³/mol. The van der Waals surface area contributed by atoms with Crippen LogP contribution in [0, 0.1) is 0 Å². The molecule has 1 amide bonds. The van der Waals surface area contributed by atoms with Crippen molar-refractivity contribution in [2.75, 3.05) is 0 Å². The monoisotopic (exact) mass is 491 g/mol. The second kappa shape index (κ2) is 7.43. The highest BCUT2D eigenvalue weighted by molar-refractivity contribution is 9.11. The molecule has 1 aromatic heterocycles. The molecule has 0 fully saturated rings. The zero-order valence-electron chi connectivity index (χ0n) is 11.5. The summed E-state index contributed by atoms with van der Waals surface area (Å²) in [7, 11) is 1.88. The molecule has 0 radical (unpaired) electrons. The number of carbonyl (C=O) groups excluding carboxylic acids is 1. The van der Waals surface area contributed by atoms with Gasteiger partial charge in [-0.05, 0) is 50.1 Å². The van der Waals surface area contributed by atoms with Gasteiger partial charge in [0, 0.05) is 29.0 Å². The molecule has 0 bridgehead atoms. The average Bonchev–Trinajstić information content (AvgIpc) is 2.85. The molecular weight excluding hydrogens is 482 g/mol. The van der Waals surface area contributed by atoms with Gasteiger partial charge in [0.15, 0.2) is 0 Å². The van der Waals surface area contributed by atoms with Crippen molar-refractivity contribution in [3.8, 4) is 5.75 Å². The maximum atomic E-state index is 11.8. The SMILES string of the molecule is Cn1cccc1CC(=O)NN=Cc1c(Br)cc(Br)c(O)c1Br. The molecule has 116 valence electrons. The molecule has 5 nitrogen and oxygen atoms in total. The van der Waals surface area contributed by atoms with E-state index in [0.29, 0.717) is 14.5 Å². The van der Waals surface area contributed by atoms with Gasteiger partial charge in [-0.1, -0.05) is 15.9 Å². The number of hydrogen-bond donors (Lipinski definition) is 2. The topological polar surface area (TPSA) is 66.6 Å². The third kappa shape index (κ3) is 3.99. The minimum Gasteiger partial charge on any atom is -0.506 e. The Morgan fingerprint density at radius 3 is 2.77 bits per heavy atom. The molecule has 0 spiro atoms. The highest BCUT2D eigenvalue weighted by Gasteiger charge is 2.12. The van der Waals surface area contributed by atoms with Crippen LogP contribution < -0.4 is 5.43 Å². The van der Waals surface area contributed by atoms with Gasteiger partial charge in [-0.15, -0.1) is 0 Å². The highest BCUT2D eigenvalue weighted by Crippen LogP contribution is 2.38. The normalized spacial score (nSPS) is 11.1. The van der Waals surface area contributed by atoms with E-state index >= 15 is 0 Å². The van der Waals surface area contributed by atoms with Gasteiger partial charge in [0.05, 0.1) is 21.6 Å². The fraction of sp³-hybridized carbons (Fsp3) is 0.143. The molecule has 8 heteroatoms. The van der Waals surface area contributed by atoms with Crippen LogP contribution in [0.25, 0.3) is 0 Å². The van der Waals surface area contributed by atoms with Gasteiger partial charge in [0.2, 0.25) is 5.91 Å². The molecule has 0 atom stereocenters. The second-order valence-corrected chi connectivity index (χ2v) is 7.00. The Morgan fingerprint density at radius 1 is 1.41 bits per heavy atom. The molecule has 0 saturated heterocycles. The van der Waals surface area contributed by atoms with Crippen LogP contribution in [0.2, 0.25) is 0 Å². The van der Waals surface area contributed by atoms with E-state index in [0.717, 1.165) is 10.2 Å². The van der Waals surface area contributed by atoms with Crippen molar-refractivity contribution in [3.63, 3.8) is 0 Å². The van der Waals surface area contributed by atoms with Crippen molar-refractivity contribution in [2.24, 2.45) is 12.1 Å². The third-order valence-electron chi connectivity index (χ3n) is 2.96. The number of nitrogens with one attached hydrogen (secondary N) is 1. The second-order valence-electron chi connectivity index (χ2n) is 4.50. The number of carbonyl (C=O) groups is 1. The first-order chi connectivity index (χ1) is 10.4. The van der Waals surface area contributed by atoms with Gasteiger partial charge < -0.3 is 9.67 Å². The van der Waals surface area contributed by atoms with E-state index in [4.69, 9.17) is 0 Å². The first-order valence-corrected chi connectivity index (χ1v) is 8.56. The van der Waals surface area contributed by atoms with E-state index in [2.05, 4.69) is 58.3 Å². The predicted octanol–water partition coefficient (Wildman–Crippen LogP) is 3.71. The van der Waals surface area contributed by atoms with Crippen LogP contribution in [0.15, 0.2) is 42.9 Å². The number of halogens is 3. The Labute approximate surface area is 152 Å². The Hall–Kier alpha value is -1.12.